The molecule has 0 spiro atoms. The van der Waals surface area contributed by atoms with Crippen molar-refractivity contribution in [3.63, 3.8) is 0 Å². The molecule has 18 heavy (non-hydrogen) atoms. The van der Waals surface area contributed by atoms with Crippen molar-refractivity contribution in [3.05, 3.63) is 28.7 Å². The van der Waals surface area contributed by atoms with E-state index >= 15 is 0 Å². The highest BCUT2D eigenvalue weighted by molar-refractivity contribution is 9.10. The molecule has 2 atom stereocenters. The van der Waals surface area contributed by atoms with Crippen molar-refractivity contribution in [2.45, 2.75) is 26.0 Å². The maximum atomic E-state index is 11.8. The average molecular weight is 315 g/mol. The fourth-order valence-electron chi connectivity index (χ4n) is 1.27. The van der Waals surface area contributed by atoms with Gasteiger partial charge in [-0.05, 0) is 45.2 Å². The molecule has 0 saturated heterocycles. The van der Waals surface area contributed by atoms with Crippen LogP contribution in [-0.2, 0) is 4.79 Å². The van der Waals surface area contributed by atoms with Gasteiger partial charge in [-0.15, -0.1) is 0 Å². The first-order chi connectivity index (χ1) is 8.52. The SMILES string of the molecule is CNC(C)CNC(=O)C(C)Oc1ccc(Br)cc1. The van der Waals surface area contributed by atoms with E-state index in [1.165, 1.54) is 0 Å². The van der Waals surface area contributed by atoms with E-state index in [-0.39, 0.29) is 11.9 Å². The van der Waals surface area contributed by atoms with E-state index in [1.54, 1.807) is 6.92 Å². The maximum absolute atomic E-state index is 11.8. The number of halogens is 1. The number of carbonyl (C=O) groups excluding carboxylic acids is 1. The van der Waals surface area contributed by atoms with E-state index in [4.69, 9.17) is 4.74 Å². The molecule has 0 bridgehead atoms. The van der Waals surface area contributed by atoms with Crippen LogP contribution in [0.2, 0.25) is 0 Å². The minimum absolute atomic E-state index is 0.111. The van der Waals surface area contributed by atoms with Gasteiger partial charge in [0.2, 0.25) is 0 Å². The molecule has 1 aromatic rings. The number of amides is 1. The largest absolute Gasteiger partial charge is 0.481 e. The lowest BCUT2D eigenvalue weighted by molar-refractivity contribution is -0.127. The minimum atomic E-state index is -0.504. The Labute approximate surface area is 116 Å². The van der Waals surface area contributed by atoms with Gasteiger partial charge in [-0.25, -0.2) is 0 Å². The Hall–Kier alpha value is -1.07. The molecular formula is C13H19BrN2O2. The van der Waals surface area contributed by atoms with Gasteiger partial charge in [0, 0.05) is 17.1 Å². The number of hydrogen-bond acceptors (Lipinski definition) is 3. The van der Waals surface area contributed by atoms with Gasteiger partial charge in [0.15, 0.2) is 6.10 Å². The molecule has 1 amide bonds. The number of ether oxygens (including phenoxy) is 1. The predicted octanol–water partition coefficient (Wildman–Crippen LogP) is 1.94. The molecule has 0 aliphatic rings. The summed E-state index contributed by atoms with van der Waals surface area (Å²) < 4.78 is 6.53. The third-order valence-corrected chi connectivity index (χ3v) is 3.10. The van der Waals surface area contributed by atoms with Crippen LogP contribution in [0.25, 0.3) is 0 Å². The molecule has 2 N–H and O–H groups in total. The van der Waals surface area contributed by atoms with Crippen LogP contribution in [0.1, 0.15) is 13.8 Å². The first kappa shape index (κ1) is 15.0. The van der Waals surface area contributed by atoms with Crippen LogP contribution in [0.15, 0.2) is 28.7 Å². The lowest BCUT2D eigenvalue weighted by Gasteiger charge is -2.16. The number of likely N-dealkylation sites (N-methyl/N-ethyl adjacent to an activating group) is 1. The van der Waals surface area contributed by atoms with E-state index in [1.807, 2.05) is 38.2 Å². The highest BCUT2D eigenvalue weighted by atomic mass is 79.9. The molecule has 0 heterocycles. The zero-order valence-corrected chi connectivity index (χ0v) is 12.5. The number of benzene rings is 1. The van der Waals surface area contributed by atoms with Gasteiger partial charge in [-0.3, -0.25) is 4.79 Å². The summed E-state index contributed by atoms with van der Waals surface area (Å²) in [6, 6.07) is 7.65. The molecule has 2 unspecified atom stereocenters. The number of carbonyl (C=O) groups is 1. The molecule has 0 aliphatic heterocycles. The summed E-state index contributed by atoms with van der Waals surface area (Å²) in [4.78, 5) is 11.8. The lowest BCUT2D eigenvalue weighted by atomic mass is 10.3. The van der Waals surface area contributed by atoms with Gasteiger partial charge < -0.3 is 15.4 Å². The molecule has 100 valence electrons. The van der Waals surface area contributed by atoms with Crippen LogP contribution >= 0.6 is 15.9 Å². The Morgan fingerprint density at radius 1 is 1.33 bits per heavy atom. The predicted molar refractivity (Wildman–Crippen MR) is 75.8 cm³/mol. The lowest BCUT2D eigenvalue weighted by Crippen LogP contribution is -2.42. The van der Waals surface area contributed by atoms with Gasteiger partial charge >= 0.3 is 0 Å². The van der Waals surface area contributed by atoms with Gasteiger partial charge in [0.1, 0.15) is 5.75 Å². The molecule has 0 aromatic heterocycles. The van der Waals surface area contributed by atoms with E-state index in [0.29, 0.717) is 12.3 Å². The normalized spacial score (nSPS) is 13.8. The van der Waals surface area contributed by atoms with Gasteiger partial charge in [-0.1, -0.05) is 15.9 Å². The smallest absolute Gasteiger partial charge is 0.260 e. The Kier molecular flexibility index (Phi) is 6.15. The molecule has 5 heteroatoms. The molecule has 0 saturated carbocycles. The molecule has 4 nitrogen and oxygen atoms in total. The van der Waals surface area contributed by atoms with Crippen LogP contribution in [0, 0.1) is 0 Å². The molecule has 1 rings (SSSR count). The second kappa shape index (κ2) is 7.38. The second-order valence-corrected chi connectivity index (χ2v) is 5.06. The van der Waals surface area contributed by atoms with Crippen molar-refractivity contribution >= 4 is 21.8 Å². The van der Waals surface area contributed by atoms with E-state index in [9.17, 15) is 4.79 Å². The average Bonchev–Trinajstić information content (AvgIpc) is 2.38. The Morgan fingerprint density at radius 3 is 2.50 bits per heavy atom. The fourth-order valence-corrected chi connectivity index (χ4v) is 1.53. The maximum Gasteiger partial charge on any atom is 0.260 e. The highest BCUT2D eigenvalue weighted by Crippen LogP contribution is 2.17. The van der Waals surface area contributed by atoms with E-state index < -0.39 is 6.10 Å². The number of hydrogen-bond donors (Lipinski definition) is 2. The van der Waals surface area contributed by atoms with Gasteiger partial charge in [-0.2, -0.15) is 0 Å². The van der Waals surface area contributed by atoms with Crippen molar-refractivity contribution in [2.75, 3.05) is 13.6 Å². The van der Waals surface area contributed by atoms with Crippen molar-refractivity contribution < 1.29 is 9.53 Å². The highest BCUT2D eigenvalue weighted by Gasteiger charge is 2.14. The van der Waals surface area contributed by atoms with Crippen molar-refractivity contribution in [1.29, 1.82) is 0 Å². The van der Waals surface area contributed by atoms with Crippen molar-refractivity contribution in [1.82, 2.24) is 10.6 Å². The quantitative estimate of drug-likeness (QED) is 0.843. The molecule has 0 radical (unpaired) electrons. The van der Waals surface area contributed by atoms with Gasteiger partial charge in [0.05, 0.1) is 0 Å². The number of rotatable bonds is 6. The molecule has 0 fully saturated rings. The Morgan fingerprint density at radius 2 is 1.94 bits per heavy atom. The Balaban J connectivity index is 2.42. The fraction of sp³-hybridized carbons (Fsp3) is 0.462. The minimum Gasteiger partial charge on any atom is -0.481 e. The zero-order valence-electron chi connectivity index (χ0n) is 10.9. The Bertz CT molecular complexity index is 381. The first-order valence-corrected chi connectivity index (χ1v) is 6.69. The third kappa shape index (κ3) is 5.06. The summed E-state index contributed by atoms with van der Waals surface area (Å²) in [6.07, 6.45) is -0.504. The van der Waals surface area contributed by atoms with Crippen LogP contribution in [0.4, 0.5) is 0 Å². The topological polar surface area (TPSA) is 50.4 Å². The summed E-state index contributed by atoms with van der Waals surface area (Å²) in [7, 11) is 1.86. The summed E-state index contributed by atoms with van der Waals surface area (Å²) >= 11 is 3.35. The van der Waals surface area contributed by atoms with Crippen LogP contribution in [0.5, 0.6) is 5.75 Å². The van der Waals surface area contributed by atoms with Gasteiger partial charge in [0.25, 0.3) is 5.91 Å². The molecule has 0 aliphatic carbocycles. The standard InChI is InChI=1S/C13H19BrN2O2/c1-9(15-3)8-16-13(17)10(2)18-12-6-4-11(14)5-7-12/h4-7,9-10,15H,8H2,1-3H3,(H,16,17). The number of nitrogens with one attached hydrogen (secondary N) is 2. The van der Waals surface area contributed by atoms with Crippen LogP contribution < -0.4 is 15.4 Å². The third-order valence-electron chi connectivity index (χ3n) is 2.57. The molecular weight excluding hydrogens is 296 g/mol. The van der Waals surface area contributed by atoms with E-state index in [0.717, 1.165) is 4.47 Å². The monoisotopic (exact) mass is 314 g/mol. The van der Waals surface area contributed by atoms with Crippen molar-refractivity contribution in [2.24, 2.45) is 0 Å². The summed E-state index contributed by atoms with van der Waals surface area (Å²) in [6.45, 7) is 4.32. The summed E-state index contributed by atoms with van der Waals surface area (Å²) in [5.41, 5.74) is 0. The van der Waals surface area contributed by atoms with Crippen LogP contribution in [0.3, 0.4) is 0 Å². The zero-order chi connectivity index (χ0) is 13.5. The summed E-state index contributed by atoms with van der Waals surface area (Å²) in [5.74, 6) is 0.572. The second-order valence-electron chi connectivity index (χ2n) is 4.15. The van der Waals surface area contributed by atoms with E-state index in [2.05, 4.69) is 26.6 Å². The summed E-state index contributed by atoms with van der Waals surface area (Å²) in [5, 5.41) is 5.88. The van der Waals surface area contributed by atoms with Crippen molar-refractivity contribution in [3.8, 4) is 5.75 Å². The first-order valence-electron chi connectivity index (χ1n) is 5.90. The molecule has 1 aromatic carbocycles. The van der Waals surface area contributed by atoms with Crippen LogP contribution in [-0.4, -0.2) is 31.6 Å².